The van der Waals surface area contributed by atoms with Crippen molar-refractivity contribution in [3.63, 3.8) is 0 Å². The average Bonchev–Trinajstić information content (AvgIpc) is 1.66. The van der Waals surface area contributed by atoms with Gasteiger partial charge in [-0.25, -0.2) is 46.9 Å². The Hall–Kier alpha value is -14.4. The number of aromatic hydroxyl groups is 1. The number of nitrogens with zero attached hydrogens (tertiary/aromatic N) is 10. The molecule has 33 heteroatoms. The Bertz CT molecular complexity index is 6650. The second-order valence-electron chi connectivity index (χ2n) is 25.5. The van der Waals surface area contributed by atoms with Crippen molar-refractivity contribution >= 4 is 102 Å². The lowest BCUT2D eigenvalue weighted by atomic mass is 10.0. The molecule has 20 rings (SSSR count). The maximum atomic E-state index is 14.1. The molecule has 0 spiro atoms. The number of halogens is 9. The second kappa shape index (κ2) is 33.0. The average molecular weight is 1650 g/mol. The molecule has 0 atom stereocenters. The van der Waals surface area contributed by atoms with E-state index >= 15 is 0 Å². The summed E-state index contributed by atoms with van der Waals surface area (Å²) in [6.45, 7) is 1.93. The molecule has 20 aromatic rings. The molecule has 0 radical (unpaired) electrons. The van der Waals surface area contributed by atoms with E-state index in [4.69, 9.17) is 83.2 Å². The van der Waals surface area contributed by atoms with E-state index in [0.717, 1.165) is 101 Å². The van der Waals surface area contributed by atoms with Gasteiger partial charge in [0.15, 0.2) is 63.6 Å². The van der Waals surface area contributed by atoms with Crippen LogP contribution in [0.2, 0.25) is 20.1 Å². The molecule has 0 aliphatic heterocycles. The Morgan fingerprint density at radius 2 is 0.726 bits per heavy atom. The van der Waals surface area contributed by atoms with Gasteiger partial charge in [0.2, 0.25) is 0 Å². The van der Waals surface area contributed by atoms with E-state index in [1.54, 1.807) is 95.3 Å². The van der Waals surface area contributed by atoms with E-state index in [1.807, 2.05) is 86.0 Å². The maximum absolute atomic E-state index is 14.1. The minimum absolute atomic E-state index is 0.0139. The third kappa shape index (κ3) is 15.0. The zero-order valence-corrected chi connectivity index (χ0v) is 63.9. The van der Waals surface area contributed by atoms with Gasteiger partial charge < -0.3 is 66.9 Å². The molecular weight excluding hydrogens is 1600 g/mol. The Labute approximate surface area is 675 Å². The summed E-state index contributed by atoms with van der Waals surface area (Å²) in [7, 11) is 4.83. The molecule has 15 heterocycles. The molecule has 5 aromatic carbocycles. The van der Waals surface area contributed by atoms with Crippen molar-refractivity contribution in [3.05, 3.63) is 275 Å². The molecule has 0 saturated heterocycles. The van der Waals surface area contributed by atoms with Crippen LogP contribution in [0.5, 0.6) is 23.0 Å². The number of aromatic nitrogens is 15. The van der Waals surface area contributed by atoms with E-state index in [2.05, 4.69) is 75.6 Å². The Morgan fingerprint density at radius 3 is 1.21 bits per heavy atom. The molecule has 15 aromatic heterocycles. The van der Waals surface area contributed by atoms with Crippen molar-refractivity contribution in [2.45, 2.75) is 6.92 Å². The van der Waals surface area contributed by atoms with Gasteiger partial charge in [0.25, 0.3) is 0 Å². The van der Waals surface area contributed by atoms with Crippen LogP contribution in [0.15, 0.2) is 243 Å². The maximum Gasteiger partial charge on any atom is 0.176 e. The first-order valence-corrected chi connectivity index (χ1v) is 36.4. The minimum Gasteiger partial charge on any atom is -0.506 e. The zero-order chi connectivity index (χ0) is 81.1. The van der Waals surface area contributed by atoms with Gasteiger partial charge in [0, 0.05) is 126 Å². The van der Waals surface area contributed by atoms with Crippen LogP contribution < -0.4 is 14.2 Å². The summed E-state index contributed by atoms with van der Waals surface area (Å²) in [6, 6.07) is 35.0. The van der Waals surface area contributed by atoms with Crippen LogP contribution in [0.3, 0.4) is 0 Å². The lowest BCUT2D eigenvalue weighted by Crippen LogP contribution is -1.93. The molecule has 0 amide bonds. The summed E-state index contributed by atoms with van der Waals surface area (Å²) >= 11 is 24.9. The van der Waals surface area contributed by atoms with Gasteiger partial charge in [0.1, 0.15) is 45.6 Å². The highest BCUT2D eigenvalue weighted by Crippen LogP contribution is 2.47. The number of rotatable bonds is 13. The van der Waals surface area contributed by atoms with Crippen LogP contribution in [0, 0.1) is 36.0 Å². The number of nitrogens with one attached hydrogen (secondary N) is 5. The molecule has 6 N–H and O–H groups in total. The smallest absolute Gasteiger partial charge is 0.176 e. The number of H-pyrrole nitrogens is 5. The summed E-state index contributed by atoms with van der Waals surface area (Å²) in [5.74, 6) is 0.0295. The van der Waals surface area contributed by atoms with Crippen LogP contribution in [0.1, 0.15) is 5.56 Å². The Balaban J connectivity index is 0.000000110. The van der Waals surface area contributed by atoms with Crippen LogP contribution in [-0.4, -0.2) is 102 Å². The number of benzene rings is 5. The van der Waals surface area contributed by atoms with Crippen LogP contribution in [0.4, 0.5) is 22.0 Å². The Kier molecular flexibility index (Phi) is 21.6. The van der Waals surface area contributed by atoms with Crippen molar-refractivity contribution in [2.24, 2.45) is 0 Å². The standard InChI is InChI=1S/C18H15N3O3.C17H11Cl2N3O2.C17H11F2N3O.C16H9Cl2N3O2.C16H8F3N3O/c1-22-15-7-3-5-11(17(15)23-2)14-10-21-24-16(14)13-9-20-18-12(13)6-4-8-19-18;1-23-9-5-11-12(7-21-17(11)20-6-9)16-13(8-22-24-16)10-3-2-4-14(18)15(10)19;1-9-5-11-12(7-21-17(11)20-6-9)16-13(8-22-23-16)10-3-2-4-14(18)15(10)19;17-13-3-1-2-9(14(13)18)12-7-21-23-15(12)11-6-20-16-10(11)4-8(22)5-19-16;17-8-4-10-11(6-21-16(10)20-5-8)15-12(7-22-23-15)9-2-1-3-13(18)14(9)19/h3-10H,1-2H3,(H,19,20);2-8H,1H3,(H,20,21);2-8H,1H3,(H,20,21);1-7,22H,(H,19,20);1-7H,(H,20,21). The van der Waals surface area contributed by atoms with Gasteiger partial charge in [-0.2, -0.15) is 0 Å². The molecular formula is C84H54Cl4F5N15O9. The topological polar surface area (TPSA) is 321 Å². The fraction of sp³-hybridized carbons (Fsp3) is 0.0476. The molecule has 24 nitrogen and oxygen atoms in total. The highest BCUT2D eigenvalue weighted by atomic mass is 35.5. The lowest BCUT2D eigenvalue weighted by Gasteiger charge is -2.11. The van der Waals surface area contributed by atoms with E-state index in [-0.39, 0.29) is 28.2 Å². The van der Waals surface area contributed by atoms with E-state index in [9.17, 15) is 27.1 Å². The number of methoxy groups -OCH3 is 3. The third-order valence-electron chi connectivity index (χ3n) is 18.6. The first-order valence-electron chi connectivity index (χ1n) is 34.9. The fourth-order valence-corrected chi connectivity index (χ4v) is 13.9. The van der Waals surface area contributed by atoms with Gasteiger partial charge in [-0.3, -0.25) is 0 Å². The molecule has 0 unspecified atom stereocenters. The van der Waals surface area contributed by atoms with Crippen LogP contribution in [0.25, 0.3) is 167 Å². The number of pyridine rings is 5. The summed E-state index contributed by atoms with van der Waals surface area (Å²) in [4.78, 5) is 36.2. The number of ether oxygens (including phenoxy) is 3. The highest BCUT2D eigenvalue weighted by Gasteiger charge is 2.27. The first kappa shape index (κ1) is 76.6. The first-order chi connectivity index (χ1) is 57.0. The molecule has 582 valence electrons. The largest absolute Gasteiger partial charge is 0.506 e. The van der Waals surface area contributed by atoms with Crippen molar-refractivity contribution in [3.8, 4) is 135 Å². The molecule has 0 fully saturated rings. The molecule has 117 heavy (non-hydrogen) atoms. The minimum atomic E-state index is -0.999. The fourth-order valence-electron chi connectivity index (χ4n) is 13.1. The number of hydrogen-bond acceptors (Lipinski definition) is 19. The predicted octanol–water partition coefficient (Wildman–Crippen LogP) is 22.8. The van der Waals surface area contributed by atoms with E-state index < -0.39 is 29.1 Å². The van der Waals surface area contributed by atoms with Crippen molar-refractivity contribution < 1.29 is 63.9 Å². The molecule has 0 saturated carbocycles. The number of aryl methyl sites for hydroxylation is 1. The summed E-state index contributed by atoms with van der Waals surface area (Å²) in [5, 5.41) is 34.6. The Morgan fingerprint density at radius 1 is 0.342 bits per heavy atom. The number of para-hydroxylation sites is 1. The third-order valence-corrected chi connectivity index (χ3v) is 20.2. The van der Waals surface area contributed by atoms with E-state index in [1.165, 1.54) is 48.9 Å². The monoisotopic (exact) mass is 1650 g/mol. The number of fused-ring (bicyclic) bond motifs is 5. The number of aromatic amines is 5. The highest BCUT2D eigenvalue weighted by molar-refractivity contribution is 6.44. The second-order valence-corrected chi connectivity index (χ2v) is 27.1. The lowest BCUT2D eigenvalue weighted by molar-refractivity contribution is 0.356. The molecule has 0 bridgehead atoms. The van der Waals surface area contributed by atoms with Crippen molar-refractivity contribution in [1.29, 1.82) is 0 Å². The van der Waals surface area contributed by atoms with Gasteiger partial charge in [-0.1, -0.05) is 133 Å². The van der Waals surface area contributed by atoms with Gasteiger partial charge in [-0.05, 0) is 79.2 Å². The quantitative estimate of drug-likeness (QED) is 0.0584. The normalized spacial score (nSPS) is 11.2. The van der Waals surface area contributed by atoms with Crippen LogP contribution in [-0.2, 0) is 0 Å². The predicted molar refractivity (Wildman–Crippen MR) is 431 cm³/mol. The van der Waals surface area contributed by atoms with Gasteiger partial charge in [-0.15, -0.1) is 0 Å². The number of hydrogen-bond donors (Lipinski definition) is 6. The van der Waals surface area contributed by atoms with Crippen molar-refractivity contribution in [1.82, 2.24) is 75.6 Å². The summed E-state index contributed by atoms with van der Waals surface area (Å²) in [6.07, 6.45) is 23.9. The summed E-state index contributed by atoms with van der Waals surface area (Å²) in [5.41, 5.74) is 13.3. The van der Waals surface area contributed by atoms with Gasteiger partial charge in [0.05, 0.1) is 119 Å². The van der Waals surface area contributed by atoms with Crippen LogP contribution >= 0.6 is 46.4 Å². The zero-order valence-electron chi connectivity index (χ0n) is 60.9. The van der Waals surface area contributed by atoms with E-state index in [0.29, 0.717) is 105 Å². The summed E-state index contributed by atoms with van der Waals surface area (Å²) < 4.78 is 112. The van der Waals surface area contributed by atoms with Crippen molar-refractivity contribution in [2.75, 3.05) is 21.3 Å². The van der Waals surface area contributed by atoms with Gasteiger partial charge >= 0.3 is 0 Å². The SMILES string of the molecule is COc1cccc(-c2cnoc2-c2c[nH]c3ncccc23)c1OC.COc1cnc2[nH]cc(-c3oncc3-c3cccc(Cl)c3Cl)c2c1.Cc1cnc2[nH]cc(-c3oncc3-c3cccc(F)c3F)c2c1.Fc1cnc2[nH]cc(-c3oncc3-c3cccc(F)c3F)c2c1.Oc1cnc2[nH]cc(-c3oncc3-c3cccc(Cl)c3Cl)c2c1. The molecule has 0 aliphatic rings. The molecule has 0 aliphatic carbocycles.